The zero-order valence-electron chi connectivity index (χ0n) is 13.7. The average molecular weight is 311 g/mol. The van der Waals surface area contributed by atoms with E-state index >= 15 is 0 Å². The number of hydrogen-bond acceptors (Lipinski definition) is 3. The maximum absolute atomic E-state index is 6.31. The first-order valence-electron chi connectivity index (χ1n) is 7.56. The van der Waals surface area contributed by atoms with E-state index in [2.05, 4.69) is 38.3 Å². The molecule has 1 fully saturated rings. The van der Waals surface area contributed by atoms with E-state index in [1.165, 1.54) is 0 Å². The summed E-state index contributed by atoms with van der Waals surface area (Å²) in [6, 6.07) is 6.26. The normalized spacial score (nSPS) is 21.2. The van der Waals surface area contributed by atoms with Crippen molar-refractivity contribution in [3.8, 4) is 5.75 Å². The summed E-state index contributed by atoms with van der Waals surface area (Å²) >= 11 is 6.31. The largest absolute Gasteiger partial charge is 0.496 e. The van der Waals surface area contributed by atoms with Crippen LogP contribution in [0, 0.1) is 0 Å². The standard InChI is InChI=1S/C17H27ClN2O/c1-16(2)9-12(10-17(3,4)20-16)19-11-13-14(18)7-6-8-15(13)21-5/h6-8,12,19-20H,9-11H2,1-5H3. The summed E-state index contributed by atoms with van der Waals surface area (Å²) < 4.78 is 5.41. The summed E-state index contributed by atoms with van der Waals surface area (Å²) in [7, 11) is 1.69. The predicted molar refractivity (Wildman–Crippen MR) is 89.2 cm³/mol. The Morgan fingerprint density at radius 3 is 2.43 bits per heavy atom. The molecule has 0 amide bonds. The fourth-order valence-electron chi connectivity index (χ4n) is 3.61. The molecule has 2 N–H and O–H groups in total. The molecule has 2 rings (SSSR count). The minimum atomic E-state index is 0.143. The summed E-state index contributed by atoms with van der Waals surface area (Å²) in [6.07, 6.45) is 2.20. The van der Waals surface area contributed by atoms with E-state index in [0.29, 0.717) is 6.04 Å². The van der Waals surface area contributed by atoms with Crippen LogP contribution in [0.15, 0.2) is 18.2 Å². The third-order valence-electron chi connectivity index (χ3n) is 4.05. The highest BCUT2D eigenvalue weighted by atomic mass is 35.5. The summed E-state index contributed by atoms with van der Waals surface area (Å²) in [4.78, 5) is 0. The molecule has 0 bridgehead atoms. The topological polar surface area (TPSA) is 33.3 Å². The van der Waals surface area contributed by atoms with Crippen molar-refractivity contribution in [1.29, 1.82) is 0 Å². The first kappa shape index (κ1) is 16.6. The first-order chi connectivity index (χ1) is 9.72. The molecule has 21 heavy (non-hydrogen) atoms. The molecular weight excluding hydrogens is 284 g/mol. The minimum Gasteiger partial charge on any atom is -0.496 e. The lowest BCUT2D eigenvalue weighted by Crippen LogP contribution is -2.61. The molecule has 3 nitrogen and oxygen atoms in total. The second-order valence-corrected chi connectivity index (χ2v) is 7.71. The molecule has 1 heterocycles. The van der Waals surface area contributed by atoms with E-state index < -0.39 is 0 Å². The molecule has 4 heteroatoms. The van der Waals surface area contributed by atoms with E-state index in [4.69, 9.17) is 16.3 Å². The van der Waals surface area contributed by atoms with Crippen LogP contribution >= 0.6 is 11.6 Å². The summed E-state index contributed by atoms with van der Waals surface area (Å²) in [5.41, 5.74) is 1.32. The van der Waals surface area contributed by atoms with Crippen LogP contribution in [0.4, 0.5) is 0 Å². The lowest BCUT2D eigenvalue weighted by Gasteiger charge is -2.46. The van der Waals surface area contributed by atoms with E-state index in [1.54, 1.807) is 7.11 Å². The van der Waals surface area contributed by atoms with Crippen molar-refractivity contribution in [3.05, 3.63) is 28.8 Å². The van der Waals surface area contributed by atoms with Gasteiger partial charge in [-0.3, -0.25) is 0 Å². The number of hydrogen-bond donors (Lipinski definition) is 2. The smallest absolute Gasteiger partial charge is 0.124 e. The van der Waals surface area contributed by atoms with Crippen LogP contribution in [-0.4, -0.2) is 24.2 Å². The maximum Gasteiger partial charge on any atom is 0.124 e. The second-order valence-electron chi connectivity index (χ2n) is 7.30. The number of rotatable bonds is 4. The molecule has 0 atom stereocenters. The quantitative estimate of drug-likeness (QED) is 0.888. The predicted octanol–water partition coefficient (Wildman–Crippen LogP) is 3.75. The van der Waals surface area contributed by atoms with Gasteiger partial charge < -0.3 is 15.4 Å². The monoisotopic (exact) mass is 310 g/mol. The SMILES string of the molecule is COc1cccc(Cl)c1CNC1CC(C)(C)NC(C)(C)C1. The Labute approximate surface area is 133 Å². The molecule has 1 saturated heterocycles. The Bertz CT molecular complexity index is 484. The molecule has 0 radical (unpaired) electrons. The van der Waals surface area contributed by atoms with Crippen molar-refractivity contribution in [3.63, 3.8) is 0 Å². The van der Waals surface area contributed by atoms with Crippen LogP contribution in [0.1, 0.15) is 46.1 Å². The highest BCUT2D eigenvalue weighted by Crippen LogP contribution is 2.30. The number of methoxy groups -OCH3 is 1. The van der Waals surface area contributed by atoms with E-state index in [1.807, 2.05) is 18.2 Å². The van der Waals surface area contributed by atoms with Crippen LogP contribution in [-0.2, 0) is 6.54 Å². The van der Waals surface area contributed by atoms with Gasteiger partial charge in [-0.05, 0) is 52.7 Å². The Morgan fingerprint density at radius 2 is 1.86 bits per heavy atom. The number of nitrogens with one attached hydrogen (secondary N) is 2. The molecule has 0 spiro atoms. The fourth-order valence-corrected chi connectivity index (χ4v) is 3.85. The van der Waals surface area contributed by atoms with Crippen LogP contribution in [0.2, 0.25) is 5.02 Å². The molecule has 1 aliphatic rings. The van der Waals surface area contributed by atoms with Crippen LogP contribution < -0.4 is 15.4 Å². The van der Waals surface area contributed by atoms with Crippen molar-refractivity contribution in [2.45, 2.75) is 64.2 Å². The zero-order chi connectivity index (χ0) is 15.7. The Morgan fingerprint density at radius 1 is 1.24 bits per heavy atom. The number of halogens is 1. The van der Waals surface area contributed by atoms with E-state index in [9.17, 15) is 0 Å². The molecule has 0 unspecified atom stereocenters. The molecular formula is C17H27ClN2O. The second kappa shape index (κ2) is 6.15. The van der Waals surface area contributed by atoms with Gasteiger partial charge in [-0.2, -0.15) is 0 Å². The average Bonchev–Trinajstić information content (AvgIpc) is 2.33. The fraction of sp³-hybridized carbons (Fsp3) is 0.647. The zero-order valence-corrected chi connectivity index (χ0v) is 14.5. The number of benzene rings is 1. The van der Waals surface area contributed by atoms with Gasteiger partial charge >= 0.3 is 0 Å². The molecule has 0 aromatic heterocycles. The van der Waals surface area contributed by atoms with Gasteiger partial charge in [0, 0.05) is 34.3 Å². The molecule has 1 aromatic carbocycles. The summed E-state index contributed by atoms with van der Waals surface area (Å²) in [6.45, 7) is 9.79. The molecule has 1 aromatic rings. The van der Waals surface area contributed by atoms with Gasteiger partial charge in [0.1, 0.15) is 5.75 Å². The Hall–Kier alpha value is -0.770. The van der Waals surface area contributed by atoms with Crippen LogP contribution in [0.5, 0.6) is 5.75 Å². The molecule has 118 valence electrons. The molecule has 1 aliphatic heterocycles. The van der Waals surface area contributed by atoms with Gasteiger partial charge in [0.25, 0.3) is 0 Å². The van der Waals surface area contributed by atoms with Crippen LogP contribution in [0.3, 0.4) is 0 Å². The van der Waals surface area contributed by atoms with Crippen molar-refractivity contribution in [1.82, 2.24) is 10.6 Å². The third-order valence-corrected chi connectivity index (χ3v) is 4.41. The first-order valence-corrected chi connectivity index (χ1v) is 7.94. The van der Waals surface area contributed by atoms with Gasteiger partial charge in [0.2, 0.25) is 0 Å². The number of ether oxygens (including phenoxy) is 1. The summed E-state index contributed by atoms with van der Waals surface area (Å²) in [5.74, 6) is 0.849. The maximum atomic E-state index is 6.31. The summed E-state index contributed by atoms with van der Waals surface area (Å²) in [5, 5.41) is 8.12. The van der Waals surface area contributed by atoms with E-state index in [-0.39, 0.29) is 11.1 Å². The van der Waals surface area contributed by atoms with Gasteiger partial charge in [0.05, 0.1) is 7.11 Å². The Kier molecular flexibility index (Phi) is 4.86. The van der Waals surface area contributed by atoms with E-state index in [0.717, 1.165) is 35.7 Å². The highest BCUT2D eigenvalue weighted by Gasteiger charge is 2.37. The lowest BCUT2D eigenvalue weighted by atomic mass is 9.79. The van der Waals surface area contributed by atoms with Crippen molar-refractivity contribution >= 4 is 11.6 Å². The van der Waals surface area contributed by atoms with Crippen molar-refractivity contribution in [2.75, 3.05) is 7.11 Å². The lowest BCUT2D eigenvalue weighted by molar-refractivity contribution is 0.145. The van der Waals surface area contributed by atoms with Gasteiger partial charge in [-0.15, -0.1) is 0 Å². The number of piperidine rings is 1. The minimum absolute atomic E-state index is 0.143. The van der Waals surface area contributed by atoms with Crippen molar-refractivity contribution < 1.29 is 4.74 Å². The van der Waals surface area contributed by atoms with Gasteiger partial charge in [-0.1, -0.05) is 17.7 Å². The van der Waals surface area contributed by atoms with Gasteiger partial charge in [-0.25, -0.2) is 0 Å². The highest BCUT2D eigenvalue weighted by molar-refractivity contribution is 6.31. The molecule has 0 aliphatic carbocycles. The van der Waals surface area contributed by atoms with Gasteiger partial charge in [0.15, 0.2) is 0 Å². The third kappa shape index (κ3) is 4.35. The molecule has 0 saturated carbocycles. The Balaban J connectivity index is 2.06. The van der Waals surface area contributed by atoms with Crippen molar-refractivity contribution in [2.24, 2.45) is 0 Å². The van der Waals surface area contributed by atoms with Crippen LogP contribution in [0.25, 0.3) is 0 Å².